The van der Waals surface area contributed by atoms with Gasteiger partial charge in [-0.2, -0.15) is 5.10 Å². The highest BCUT2D eigenvalue weighted by atomic mass is 32.1. The van der Waals surface area contributed by atoms with E-state index in [1.54, 1.807) is 11.3 Å². The minimum atomic E-state index is -0.482. The second-order valence-electron chi connectivity index (χ2n) is 7.16. The largest absolute Gasteiger partial charge is 0.347 e. The van der Waals surface area contributed by atoms with Gasteiger partial charge in [0.2, 0.25) is 0 Å². The van der Waals surface area contributed by atoms with Gasteiger partial charge in [-0.25, -0.2) is 9.50 Å². The summed E-state index contributed by atoms with van der Waals surface area (Å²) in [5, 5.41) is 6.72. The number of rotatable bonds is 3. The molecule has 7 nitrogen and oxygen atoms in total. The van der Waals surface area contributed by atoms with E-state index in [9.17, 15) is 4.79 Å². The first kappa shape index (κ1) is 17.8. The molecule has 0 aliphatic carbocycles. The second-order valence-corrected chi connectivity index (χ2v) is 8.11. The van der Waals surface area contributed by atoms with Crippen molar-refractivity contribution in [2.45, 2.75) is 32.0 Å². The number of aryl methyl sites for hydroxylation is 1. The van der Waals surface area contributed by atoms with Crippen molar-refractivity contribution in [2.24, 2.45) is 0 Å². The summed E-state index contributed by atoms with van der Waals surface area (Å²) in [4.78, 5) is 20.7. The number of aromatic nitrogens is 3. The summed E-state index contributed by atoms with van der Waals surface area (Å²) >= 11 is 1.64. The van der Waals surface area contributed by atoms with Crippen LogP contribution in [0.2, 0.25) is 0 Å². The van der Waals surface area contributed by atoms with Crippen LogP contribution in [0.4, 0.5) is 0 Å². The molecule has 2 aliphatic rings. The van der Waals surface area contributed by atoms with Crippen LogP contribution in [0, 0.1) is 0 Å². The van der Waals surface area contributed by atoms with Crippen molar-refractivity contribution in [1.29, 1.82) is 0 Å². The van der Waals surface area contributed by atoms with Crippen LogP contribution >= 0.6 is 11.3 Å². The molecule has 1 amide bonds. The molecule has 146 valence electrons. The van der Waals surface area contributed by atoms with Crippen molar-refractivity contribution in [3.8, 4) is 10.6 Å². The Labute approximate surface area is 166 Å². The summed E-state index contributed by atoms with van der Waals surface area (Å²) in [7, 11) is 0. The van der Waals surface area contributed by atoms with E-state index < -0.39 is 5.79 Å². The van der Waals surface area contributed by atoms with Crippen molar-refractivity contribution in [3.63, 3.8) is 0 Å². The molecule has 0 aromatic carbocycles. The highest BCUT2D eigenvalue weighted by Crippen LogP contribution is 2.32. The SMILES string of the molecule is CCc1cc(C(=O)N2CCC3(CC2)OCCO3)nc2cc(-c3cccs3)nn12. The zero-order valence-electron chi connectivity index (χ0n) is 15.8. The first-order chi connectivity index (χ1) is 13.7. The van der Waals surface area contributed by atoms with Gasteiger partial charge in [0.1, 0.15) is 11.4 Å². The van der Waals surface area contributed by atoms with Crippen LogP contribution in [-0.2, 0) is 15.9 Å². The van der Waals surface area contributed by atoms with E-state index in [1.807, 2.05) is 39.1 Å². The lowest BCUT2D eigenvalue weighted by atomic mass is 10.0. The Kier molecular flexibility index (Phi) is 4.41. The number of carbonyl (C=O) groups excluding carboxylic acids is 1. The first-order valence-electron chi connectivity index (χ1n) is 9.68. The van der Waals surface area contributed by atoms with E-state index in [0.717, 1.165) is 22.7 Å². The number of hydrogen-bond donors (Lipinski definition) is 0. The fourth-order valence-corrected chi connectivity index (χ4v) is 4.62. The monoisotopic (exact) mass is 398 g/mol. The predicted molar refractivity (Wildman–Crippen MR) is 105 cm³/mol. The molecule has 0 saturated carbocycles. The molecule has 5 rings (SSSR count). The van der Waals surface area contributed by atoms with E-state index in [2.05, 4.69) is 11.9 Å². The highest BCUT2D eigenvalue weighted by Gasteiger charge is 2.41. The van der Waals surface area contributed by atoms with Gasteiger partial charge in [0.25, 0.3) is 5.91 Å². The lowest BCUT2D eigenvalue weighted by Gasteiger charge is -2.37. The van der Waals surface area contributed by atoms with Gasteiger partial charge in [0.05, 0.1) is 18.1 Å². The number of ether oxygens (including phenoxy) is 2. The number of thiophene rings is 1. The minimum Gasteiger partial charge on any atom is -0.347 e. The molecule has 0 bridgehead atoms. The third-order valence-corrected chi connectivity index (χ3v) is 6.37. The van der Waals surface area contributed by atoms with E-state index in [-0.39, 0.29) is 5.91 Å². The summed E-state index contributed by atoms with van der Waals surface area (Å²) in [5.41, 5.74) is 3.05. The maximum absolute atomic E-state index is 13.1. The Morgan fingerprint density at radius 2 is 2.04 bits per heavy atom. The molecule has 1 spiro atoms. The molecule has 0 radical (unpaired) electrons. The van der Waals surface area contributed by atoms with Crippen LogP contribution in [0.5, 0.6) is 0 Å². The van der Waals surface area contributed by atoms with Crippen molar-refractivity contribution in [2.75, 3.05) is 26.3 Å². The van der Waals surface area contributed by atoms with Crippen molar-refractivity contribution in [1.82, 2.24) is 19.5 Å². The highest BCUT2D eigenvalue weighted by molar-refractivity contribution is 7.13. The van der Waals surface area contributed by atoms with Crippen LogP contribution in [0.15, 0.2) is 29.6 Å². The van der Waals surface area contributed by atoms with Crippen LogP contribution in [0.1, 0.15) is 35.9 Å². The summed E-state index contributed by atoms with van der Waals surface area (Å²) in [6.07, 6.45) is 2.18. The third-order valence-electron chi connectivity index (χ3n) is 5.48. The molecule has 0 unspecified atom stereocenters. The molecule has 0 N–H and O–H groups in total. The number of fused-ring (bicyclic) bond motifs is 1. The third kappa shape index (κ3) is 3.01. The van der Waals surface area contributed by atoms with Crippen LogP contribution in [-0.4, -0.2) is 57.5 Å². The Hall–Kier alpha value is -2.29. The molecule has 5 heterocycles. The first-order valence-corrected chi connectivity index (χ1v) is 10.6. The molecule has 2 fully saturated rings. The lowest BCUT2D eigenvalue weighted by molar-refractivity contribution is -0.181. The van der Waals surface area contributed by atoms with Crippen molar-refractivity contribution < 1.29 is 14.3 Å². The number of amides is 1. The predicted octanol–water partition coefficient (Wildman–Crippen LogP) is 3.00. The number of nitrogens with zero attached hydrogens (tertiary/aromatic N) is 4. The summed E-state index contributed by atoms with van der Waals surface area (Å²) < 4.78 is 13.4. The summed E-state index contributed by atoms with van der Waals surface area (Å²) in [6.45, 7) is 4.58. The van der Waals surface area contributed by atoms with Gasteiger partial charge < -0.3 is 14.4 Å². The summed E-state index contributed by atoms with van der Waals surface area (Å²) in [5.74, 6) is -0.520. The zero-order valence-corrected chi connectivity index (χ0v) is 16.6. The van der Waals surface area contributed by atoms with E-state index in [4.69, 9.17) is 14.6 Å². The molecule has 0 atom stereocenters. The van der Waals surface area contributed by atoms with E-state index >= 15 is 0 Å². The minimum absolute atomic E-state index is 0.0380. The number of hydrogen-bond acceptors (Lipinski definition) is 6. The van der Waals surface area contributed by atoms with Crippen molar-refractivity contribution >= 4 is 22.9 Å². The van der Waals surface area contributed by atoms with Crippen molar-refractivity contribution in [3.05, 3.63) is 41.0 Å². The molecule has 2 aliphatic heterocycles. The van der Waals surface area contributed by atoms with Crippen LogP contribution in [0.25, 0.3) is 16.2 Å². The Balaban J connectivity index is 1.43. The molecule has 3 aromatic rings. The van der Waals surface area contributed by atoms with Gasteiger partial charge in [0.15, 0.2) is 11.4 Å². The molecule has 2 saturated heterocycles. The topological polar surface area (TPSA) is 69.0 Å². The van der Waals surface area contributed by atoms with Crippen LogP contribution < -0.4 is 0 Å². The number of carbonyl (C=O) groups is 1. The summed E-state index contributed by atoms with van der Waals surface area (Å²) in [6, 6.07) is 7.87. The number of piperidine rings is 1. The quantitative estimate of drug-likeness (QED) is 0.678. The van der Waals surface area contributed by atoms with Gasteiger partial charge in [-0.05, 0) is 23.9 Å². The fraction of sp³-hybridized carbons (Fsp3) is 0.450. The Morgan fingerprint density at radius 1 is 1.25 bits per heavy atom. The Morgan fingerprint density at radius 3 is 2.71 bits per heavy atom. The maximum Gasteiger partial charge on any atom is 0.272 e. The molecule has 3 aromatic heterocycles. The van der Waals surface area contributed by atoms with Gasteiger partial charge in [-0.15, -0.1) is 11.3 Å². The maximum atomic E-state index is 13.1. The molecule has 28 heavy (non-hydrogen) atoms. The van der Waals surface area contributed by atoms with E-state index in [0.29, 0.717) is 50.5 Å². The average Bonchev–Trinajstić information content (AvgIpc) is 3.47. The Bertz CT molecular complexity index is 998. The van der Waals surface area contributed by atoms with Gasteiger partial charge in [-0.1, -0.05) is 13.0 Å². The smallest absolute Gasteiger partial charge is 0.272 e. The molecular formula is C20H22N4O3S. The lowest BCUT2D eigenvalue weighted by Crippen LogP contribution is -2.47. The molecule has 8 heteroatoms. The van der Waals surface area contributed by atoms with Gasteiger partial charge >= 0.3 is 0 Å². The standard InChI is InChI=1S/C20H22N4O3S/c1-2-14-12-16(19(25)23-7-5-20(6-8-23)26-9-10-27-20)21-18-13-15(22-24(14)18)17-4-3-11-28-17/h3-4,11-13H,2,5-10H2,1H3. The van der Waals surface area contributed by atoms with Gasteiger partial charge in [-0.3, -0.25) is 4.79 Å². The second kappa shape index (κ2) is 6.95. The van der Waals surface area contributed by atoms with Crippen LogP contribution in [0.3, 0.4) is 0 Å². The number of likely N-dealkylation sites (tertiary alicyclic amines) is 1. The van der Waals surface area contributed by atoms with Gasteiger partial charge in [0, 0.05) is 37.7 Å². The normalized spacial score (nSPS) is 19.0. The average molecular weight is 398 g/mol. The zero-order chi connectivity index (χ0) is 19.1. The van der Waals surface area contributed by atoms with E-state index in [1.165, 1.54) is 0 Å². The molecular weight excluding hydrogens is 376 g/mol. The fourth-order valence-electron chi connectivity index (χ4n) is 3.94.